The molecule has 0 radical (unpaired) electrons. The highest BCUT2D eigenvalue weighted by Crippen LogP contribution is 2.27. The van der Waals surface area contributed by atoms with Gasteiger partial charge in [0.15, 0.2) is 0 Å². The van der Waals surface area contributed by atoms with Crippen LogP contribution in [0.15, 0.2) is 35.3 Å². The lowest BCUT2D eigenvalue weighted by atomic mass is 10.1. The molecule has 0 saturated carbocycles. The van der Waals surface area contributed by atoms with E-state index >= 15 is 0 Å². The normalized spacial score (nSPS) is 14.6. The van der Waals surface area contributed by atoms with Gasteiger partial charge in [0.2, 0.25) is 0 Å². The maximum absolute atomic E-state index is 14.5. The summed E-state index contributed by atoms with van der Waals surface area (Å²) in [6, 6.07) is 5.94. The average molecular weight is 461 g/mol. The number of aromatic nitrogens is 5. The summed E-state index contributed by atoms with van der Waals surface area (Å²) in [5, 5.41) is 12.9. The summed E-state index contributed by atoms with van der Waals surface area (Å²) in [4.78, 5) is 14.8. The number of benzene rings is 1. The van der Waals surface area contributed by atoms with Crippen LogP contribution in [0.5, 0.6) is 0 Å². The molecule has 2 aromatic heterocycles. The van der Waals surface area contributed by atoms with E-state index in [2.05, 4.69) is 20.3 Å². The van der Waals surface area contributed by atoms with Crippen molar-refractivity contribution in [3.63, 3.8) is 0 Å². The van der Waals surface area contributed by atoms with Crippen LogP contribution in [0, 0.1) is 5.82 Å². The Balaban J connectivity index is 1.55. The molecule has 10 heteroatoms. The van der Waals surface area contributed by atoms with Crippen molar-refractivity contribution in [2.24, 2.45) is 0 Å². The Morgan fingerprint density at radius 3 is 2.59 bits per heavy atom. The topological polar surface area (TPSA) is 78.1 Å². The van der Waals surface area contributed by atoms with Crippen molar-refractivity contribution in [3.05, 3.63) is 57.3 Å². The van der Waals surface area contributed by atoms with Crippen LogP contribution in [0.4, 0.5) is 10.1 Å². The molecule has 8 nitrogen and oxygen atoms in total. The van der Waals surface area contributed by atoms with Gasteiger partial charge in [-0.15, -0.1) is 5.10 Å². The van der Waals surface area contributed by atoms with Crippen LogP contribution in [-0.2, 0) is 17.8 Å². The molecule has 0 atom stereocenters. The number of rotatable bonds is 6. The fourth-order valence-electron chi connectivity index (χ4n) is 3.72. The van der Waals surface area contributed by atoms with E-state index in [9.17, 15) is 9.18 Å². The number of aryl methyl sites for hydroxylation is 1. The molecule has 3 aromatic rings. The summed E-state index contributed by atoms with van der Waals surface area (Å²) in [6.07, 6.45) is 1.80. The second kappa shape index (κ2) is 8.63. The molecule has 0 spiro atoms. The van der Waals surface area contributed by atoms with Crippen molar-refractivity contribution in [1.82, 2.24) is 24.8 Å². The van der Waals surface area contributed by atoms with Crippen molar-refractivity contribution in [2.75, 3.05) is 18.0 Å². The van der Waals surface area contributed by atoms with Crippen molar-refractivity contribution < 1.29 is 9.13 Å². The second-order valence-corrected chi connectivity index (χ2v) is 9.23. The fraction of sp³-hybridized carbons (Fsp3) is 0.455. The van der Waals surface area contributed by atoms with E-state index in [1.54, 1.807) is 29.1 Å². The molecule has 1 saturated heterocycles. The Morgan fingerprint density at radius 1 is 1.22 bits per heavy atom. The summed E-state index contributed by atoms with van der Waals surface area (Å²) >= 11 is 5.88. The first-order chi connectivity index (χ1) is 15.1. The molecule has 1 fully saturated rings. The minimum absolute atomic E-state index is 0.118. The zero-order valence-corrected chi connectivity index (χ0v) is 19.3. The lowest BCUT2D eigenvalue weighted by Crippen LogP contribution is -2.54. The second-order valence-electron chi connectivity index (χ2n) is 8.79. The van der Waals surface area contributed by atoms with Gasteiger partial charge >= 0.3 is 0 Å². The molecule has 1 aromatic carbocycles. The summed E-state index contributed by atoms with van der Waals surface area (Å²) in [5.41, 5.74) is 1.54. The zero-order chi connectivity index (χ0) is 23.0. The fourth-order valence-corrected chi connectivity index (χ4v) is 3.87. The monoisotopic (exact) mass is 460 g/mol. The highest BCUT2D eigenvalue weighted by Gasteiger charge is 2.31. The Hall–Kier alpha value is -2.78. The van der Waals surface area contributed by atoms with Crippen molar-refractivity contribution in [1.29, 1.82) is 0 Å². The highest BCUT2D eigenvalue weighted by molar-refractivity contribution is 6.30. The van der Waals surface area contributed by atoms with E-state index in [0.29, 0.717) is 23.0 Å². The minimum Gasteiger partial charge on any atom is -0.369 e. The number of ether oxygens (including phenoxy) is 1. The maximum Gasteiger partial charge on any atom is 0.269 e. The van der Waals surface area contributed by atoms with Crippen LogP contribution in [0.2, 0.25) is 5.02 Å². The van der Waals surface area contributed by atoms with E-state index in [1.165, 1.54) is 10.7 Å². The van der Waals surface area contributed by atoms with Crippen molar-refractivity contribution in [3.8, 4) is 11.3 Å². The van der Waals surface area contributed by atoms with Crippen LogP contribution in [0.1, 0.15) is 33.4 Å². The standard InChI is InChI=1S/C22H26ClFN6O2/c1-5-29-19(21(26-27-29)17-7-6-14(23)8-18(17)24)13-30-20(31)9-15(10-25-30)28-11-16(12-28)32-22(2,3)4/h6-10,16H,5,11-13H2,1-4H3. The molecular formula is C22H26ClFN6O2. The first-order valence-electron chi connectivity index (χ1n) is 10.5. The van der Waals surface area contributed by atoms with Crippen LogP contribution >= 0.6 is 11.6 Å². The molecule has 32 heavy (non-hydrogen) atoms. The number of hydrogen-bond donors (Lipinski definition) is 0. The molecule has 0 bridgehead atoms. The summed E-state index contributed by atoms with van der Waals surface area (Å²) in [6.45, 7) is 10.1. The van der Waals surface area contributed by atoms with Crippen LogP contribution < -0.4 is 10.5 Å². The van der Waals surface area contributed by atoms with E-state index in [4.69, 9.17) is 16.3 Å². The average Bonchev–Trinajstić information content (AvgIpc) is 3.07. The smallest absolute Gasteiger partial charge is 0.269 e. The largest absolute Gasteiger partial charge is 0.369 e. The molecule has 4 rings (SSSR count). The molecule has 0 amide bonds. The number of anilines is 1. The summed E-state index contributed by atoms with van der Waals surface area (Å²) in [7, 11) is 0. The SMILES string of the molecule is CCn1nnc(-c2ccc(Cl)cc2F)c1Cn1ncc(N2CC(OC(C)(C)C)C2)cc1=O. The predicted octanol–water partition coefficient (Wildman–Crippen LogP) is 3.37. The summed E-state index contributed by atoms with van der Waals surface area (Å²) < 4.78 is 23.4. The third-order valence-electron chi connectivity index (χ3n) is 5.21. The maximum atomic E-state index is 14.5. The number of hydrogen-bond acceptors (Lipinski definition) is 6. The highest BCUT2D eigenvalue weighted by atomic mass is 35.5. The first kappa shape index (κ1) is 22.4. The van der Waals surface area contributed by atoms with E-state index in [0.717, 1.165) is 18.8 Å². The zero-order valence-electron chi connectivity index (χ0n) is 18.5. The van der Waals surface area contributed by atoms with Crippen LogP contribution in [-0.4, -0.2) is 49.6 Å². The third-order valence-corrected chi connectivity index (χ3v) is 5.45. The van der Waals surface area contributed by atoms with Gasteiger partial charge in [-0.2, -0.15) is 5.10 Å². The van der Waals surface area contributed by atoms with E-state index in [1.807, 2.05) is 27.7 Å². The molecule has 3 heterocycles. The van der Waals surface area contributed by atoms with Gasteiger partial charge in [-0.3, -0.25) is 4.79 Å². The van der Waals surface area contributed by atoms with Crippen LogP contribution in [0.25, 0.3) is 11.3 Å². The van der Waals surface area contributed by atoms with Gasteiger partial charge < -0.3 is 9.64 Å². The Morgan fingerprint density at radius 2 is 1.97 bits per heavy atom. The molecule has 0 unspecified atom stereocenters. The molecule has 0 N–H and O–H groups in total. The van der Waals surface area contributed by atoms with Gasteiger partial charge in [0, 0.05) is 36.3 Å². The minimum atomic E-state index is -0.498. The van der Waals surface area contributed by atoms with E-state index in [-0.39, 0.29) is 29.4 Å². The predicted molar refractivity (Wildman–Crippen MR) is 121 cm³/mol. The van der Waals surface area contributed by atoms with Crippen LogP contribution in [0.3, 0.4) is 0 Å². The van der Waals surface area contributed by atoms with Crippen molar-refractivity contribution in [2.45, 2.75) is 52.5 Å². The quantitative estimate of drug-likeness (QED) is 0.561. The molecule has 1 aliphatic heterocycles. The van der Waals surface area contributed by atoms with Gasteiger partial charge in [0.25, 0.3) is 5.56 Å². The molecule has 170 valence electrons. The van der Waals surface area contributed by atoms with Gasteiger partial charge in [-0.1, -0.05) is 16.8 Å². The molecule has 1 aliphatic rings. The number of nitrogens with zero attached hydrogens (tertiary/aromatic N) is 6. The lowest BCUT2D eigenvalue weighted by Gasteiger charge is -2.43. The lowest BCUT2D eigenvalue weighted by molar-refractivity contribution is -0.0701. The first-order valence-corrected chi connectivity index (χ1v) is 10.9. The van der Waals surface area contributed by atoms with Gasteiger partial charge in [-0.05, 0) is 45.9 Å². The van der Waals surface area contributed by atoms with Crippen molar-refractivity contribution >= 4 is 17.3 Å². The Bertz CT molecular complexity index is 1180. The molecule has 0 aliphatic carbocycles. The molecular weight excluding hydrogens is 435 g/mol. The summed E-state index contributed by atoms with van der Waals surface area (Å²) in [5.74, 6) is -0.498. The van der Waals surface area contributed by atoms with Gasteiger partial charge in [-0.25, -0.2) is 13.8 Å². The Kier molecular flexibility index (Phi) is 6.05. The number of halogens is 2. The van der Waals surface area contributed by atoms with Gasteiger partial charge in [0.05, 0.1) is 35.8 Å². The van der Waals surface area contributed by atoms with Gasteiger partial charge in [0.1, 0.15) is 11.5 Å². The Labute approximate surface area is 190 Å². The third kappa shape index (κ3) is 4.68. The van der Waals surface area contributed by atoms with E-state index < -0.39 is 5.82 Å².